The highest BCUT2D eigenvalue weighted by Crippen LogP contribution is 2.08. The molecule has 0 fully saturated rings. The Morgan fingerprint density at radius 3 is 2.73 bits per heavy atom. The van der Waals surface area contributed by atoms with Crippen LogP contribution in [0.1, 0.15) is 31.4 Å². The lowest BCUT2D eigenvalue weighted by Gasteiger charge is -2.00. The average Bonchev–Trinajstić information content (AvgIpc) is 2.06. The van der Waals surface area contributed by atoms with E-state index in [0.29, 0.717) is 0 Å². The molecule has 0 aliphatic heterocycles. The maximum Gasteiger partial charge on any atom is -0.00957 e. The maximum atomic E-state index is 2.25. The summed E-state index contributed by atoms with van der Waals surface area (Å²) in [5, 5.41) is 0. The summed E-state index contributed by atoms with van der Waals surface area (Å²) in [6.45, 7) is 4.35. The number of aryl methyl sites for hydroxylation is 1. The molecule has 0 heterocycles. The van der Waals surface area contributed by atoms with Crippen LogP contribution in [0.4, 0.5) is 0 Å². The van der Waals surface area contributed by atoms with Gasteiger partial charge in [0, 0.05) is 0 Å². The van der Waals surface area contributed by atoms with Gasteiger partial charge in [0.05, 0.1) is 0 Å². The molecule has 0 bridgehead atoms. The standard InChI is InChI=1S/C11H15/c1-3-6-11-8-5-7-10(4-2)9-11/h5-9H,3-4H2,1-2H3. The molecule has 0 saturated heterocycles. The normalized spacial score (nSPS) is 10.0. The zero-order valence-electron chi connectivity index (χ0n) is 7.30. The summed E-state index contributed by atoms with van der Waals surface area (Å²) < 4.78 is 0. The summed E-state index contributed by atoms with van der Waals surface area (Å²) in [6, 6.07) is 8.71. The van der Waals surface area contributed by atoms with Crippen molar-refractivity contribution in [1.29, 1.82) is 0 Å². The zero-order chi connectivity index (χ0) is 8.10. The van der Waals surface area contributed by atoms with Crippen LogP contribution < -0.4 is 0 Å². The third kappa shape index (κ3) is 2.38. The largest absolute Gasteiger partial charge is 0.0648 e. The van der Waals surface area contributed by atoms with E-state index in [4.69, 9.17) is 0 Å². The van der Waals surface area contributed by atoms with Gasteiger partial charge in [0.2, 0.25) is 0 Å². The first kappa shape index (κ1) is 8.32. The topological polar surface area (TPSA) is 0 Å². The maximum absolute atomic E-state index is 2.25. The molecule has 0 heteroatoms. The molecular formula is C11H15. The van der Waals surface area contributed by atoms with Crippen LogP contribution >= 0.6 is 0 Å². The third-order valence-corrected chi connectivity index (χ3v) is 1.80. The van der Waals surface area contributed by atoms with Crippen molar-refractivity contribution in [2.45, 2.75) is 26.7 Å². The molecular weight excluding hydrogens is 132 g/mol. The van der Waals surface area contributed by atoms with E-state index in [-0.39, 0.29) is 0 Å². The second-order valence-electron chi connectivity index (χ2n) is 2.71. The predicted molar refractivity (Wildman–Crippen MR) is 49.5 cm³/mol. The van der Waals surface area contributed by atoms with Gasteiger partial charge in [-0.15, -0.1) is 0 Å². The van der Waals surface area contributed by atoms with Crippen molar-refractivity contribution >= 4 is 0 Å². The first-order valence-electron chi connectivity index (χ1n) is 4.29. The summed E-state index contributed by atoms with van der Waals surface area (Å²) >= 11 is 0. The van der Waals surface area contributed by atoms with Crippen molar-refractivity contribution in [3.05, 3.63) is 41.8 Å². The molecule has 59 valence electrons. The van der Waals surface area contributed by atoms with Gasteiger partial charge in [0.25, 0.3) is 0 Å². The summed E-state index contributed by atoms with van der Waals surface area (Å²) in [5.41, 5.74) is 2.78. The minimum atomic E-state index is 1.12. The lowest BCUT2D eigenvalue weighted by Crippen LogP contribution is -1.83. The first-order valence-corrected chi connectivity index (χ1v) is 4.29. The van der Waals surface area contributed by atoms with Crippen LogP contribution in [0, 0.1) is 6.42 Å². The molecule has 0 amide bonds. The van der Waals surface area contributed by atoms with Crippen LogP contribution in [0.25, 0.3) is 0 Å². The highest BCUT2D eigenvalue weighted by Gasteiger charge is 1.92. The second-order valence-corrected chi connectivity index (χ2v) is 2.71. The molecule has 1 aromatic carbocycles. The van der Waals surface area contributed by atoms with E-state index in [2.05, 4.69) is 44.5 Å². The molecule has 0 aliphatic carbocycles. The van der Waals surface area contributed by atoms with E-state index in [1.54, 1.807) is 0 Å². The van der Waals surface area contributed by atoms with Gasteiger partial charge in [-0.3, -0.25) is 0 Å². The zero-order valence-corrected chi connectivity index (χ0v) is 7.30. The minimum Gasteiger partial charge on any atom is -0.0648 e. The molecule has 0 N–H and O–H groups in total. The van der Waals surface area contributed by atoms with Gasteiger partial charge in [0.15, 0.2) is 0 Å². The predicted octanol–water partition coefficient (Wildman–Crippen LogP) is 3.21. The van der Waals surface area contributed by atoms with Crippen molar-refractivity contribution in [2.75, 3.05) is 0 Å². The van der Waals surface area contributed by atoms with Crippen molar-refractivity contribution in [3.63, 3.8) is 0 Å². The molecule has 0 unspecified atom stereocenters. The Hall–Kier alpha value is -0.780. The number of hydrogen-bond donors (Lipinski definition) is 0. The van der Waals surface area contributed by atoms with Gasteiger partial charge in [0.1, 0.15) is 0 Å². The Bertz CT molecular complexity index is 213. The summed E-state index contributed by atoms with van der Waals surface area (Å²) in [6.07, 6.45) is 4.50. The van der Waals surface area contributed by atoms with Gasteiger partial charge in [-0.05, 0) is 30.4 Å². The van der Waals surface area contributed by atoms with Gasteiger partial charge >= 0.3 is 0 Å². The van der Waals surface area contributed by atoms with Crippen LogP contribution in [0.2, 0.25) is 0 Å². The highest BCUT2D eigenvalue weighted by atomic mass is 14.0. The fourth-order valence-electron chi connectivity index (χ4n) is 1.18. The molecule has 0 saturated carbocycles. The average molecular weight is 147 g/mol. The van der Waals surface area contributed by atoms with Crippen molar-refractivity contribution in [1.82, 2.24) is 0 Å². The SMILES string of the molecule is CC[CH]c1cccc(CC)c1. The summed E-state index contributed by atoms with van der Waals surface area (Å²) in [7, 11) is 0. The lowest BCUT2D eigenvalue weighted by molar-refractivity contribution is 1.09. The van der Waals surface area contributed by atoms with Gasteiger partial charge in [-0.1, -0.05) is 38.1 Å². The molecule has 1 rings (SSSR count). The van der Waals surface area contributed by atoms with E-state index < -0.39 is 0 Å². The monoisotopic (exact) mass is 147 g/mol. The summed E-state index contributed by atoms with van der Waals surface area (Å²) in [5.74, 6) is 0. The smallest absolute Gasteiger partial charge is 0.00957 e. The molecule has 0 spiro atoms. The fourth-order valence-corrected chi connectivity index (χ4v) is 1.18. The molecule has 0 aliphatic rings. The van der Waals surface area contributed by atoms with Crippen molar-refractivity contribution in [3.8, 4) is 0 Å². The minimum absolute atomic E-state index is 1.12. The molecule has 11 heavy (non-hydrogen) atoms. The molecule has 0 aromatic heterocycles. The van der Waals surface area contributed by atoms with Crippen LogP contribution in [-0.4, -0.2) is 0 Å². The quantitative estimate of drug-likeness (QED) is 0.616. The van der Waals surface area contributed by atoms with Crippen LogP contribution in [0.15, 0.2) is 24.3 Å². The Balaban J connectivity index is 2.74. The number of benzene rings is 1. The summed E-state index contributed by atoms with van der Waals surface area (Å²) in [4.78, 5) is 0. The van der Waals surface area contributed by atoms with E-state index in [9.17, 15) is 0 Å². The Morgan fingerprint density at radius 1 is 1.27 bits per heavy atom. The first-order chi connectivity index (χ1) is 5.36. The Labute approximate surface area is 69.3 Å². The Kier molecular flexibility index (Phi) is 3.15. The van der Waals surface area contributed by atoms with Crippen LogP contribution in [0.3, 0.4) is 0 Å². The van der Waals surface area contributed by atoms with Gasteiger partial charge in [-0.2, -0.15) is 0 Å². The van der Waals surface area contributed by atoms with Crippen LogP contribution in [-0.2, 0) is 6.42 Å². The lowest BCUT2D eigenvalue weighted by atomic mass is 10.1. The van der Waals surface area contributed by atoms with Crippen molar-refractivity contribution < 1.29 is 0 Å². The third-order valence-electron chi connectivity index (χ3n) is 1.80. The molecule has 1 aromatic rings. The molecule has 0 atom stereocenters. The van der Waals surface area contributed by atoms with Crippen LogP contribution in [0.5, 0.6) is 0 Å². The van der Waals surface area contributed by atoms with Crippen molar-refractivity contribution in [2.24, 2.45) is 0 Å². The molecule has 1 radical (unpaired) electrons. The second kappa shape index (κ2) is 4.17. The van der Waals surface area contributed by atoms with Gasteiger partial charge < -0.3 is 0 Å². The Morgan fingerprint density at radius 2 is 2.09 bits per heavy atom. The van der Waals surface area contributed by atoms with E-state index in [1.165, 1.54) is 11.1 Å². The fraction of sp³-hybridized carbons (Fsp3) is 0.364. The van der Waals surface area contributed by atoms with E-state index in [1.807, 2.05) is 0 Å². The molecule has 0 nitrogen and oxygen atoms in total. The number of rotatable bonds is 3. The highest BCUT2D eigenvalue weighted by molar-refractivity contribution is 5.28. The van der Waals surface area contributed by atoms with Gasteiger partial charge in [-0.25, -0.2) is 0 Å². The van der Waals surface area contributed by atoms with E-state index >= 15 is 0 Å². The van der Waals surface area contributed by atoms with E-state index in [0.717, 1.165) is 12.8 Å². The number of hydrogen-bond acceptors (Lipinski definition) is 0.